The number of carbonyl (C=O) groups is 1. The van der Waals surface area contributed by atoms with E-state index < -0.39 is 5.69 Å². The fourth-order valence-electron chi connectivity index (χ4n) is 3.27. The van der Waals surface area contributed by atoms with Gasteiger partial charge in [0.25, 0.3) is 5.56 Å². The van der Waals surface area contributed by atoms with Gasteiger partial charge in [0.2, 0.25) is 5.91 Å². The van der Waals surface area contributed by atoms with Crippen molar-refractivity contribution in [1.29, 1.82) is 0 Å². The van der Waals surface area contributed by atoms with Crippen molar-refractivity contribution in [2.24, 2.45) is 13.0 Å². The summed E-state index contributed by atoms with van der Waals surface area (Å²) in [4.78, 5) is 38.0. The van der Waals surface area contributed by atoms with Crippen molar-refractivity contribution in [2.75, 3.05) is 6.54 Å². The van der Waals surface area contributed by atoms with Crippen LogP contribution in [0.15, 0.2) is 21.9 Å². The average Bonchev–Trinajstić information content (AvgIpc) is 2.50. The van der Waals surface area contributed by atoms with Gasteiger partial charge in [-0.3, -0.25) is 18.7 Å². The van der Waals surface area contributed by atoms with Crippen LogP contribution >= 0.6 is 0 Å². The Labute approximate surface area is 130 Å². The second-order valence-electron chi connectivity index (χ2n) is 6.19. The van der Waals surface area contributed by atoms with Crippen LogP contribution in [0.3, 0.4) is 0 Å². The highest BCUT2D eigenvalue weighted by Gasteiger charge is 2.31. The molecule has 6 nitrogen and oxygen atoms in total. The highest BCUT2D eigenvalue weighted by Crippen LogP contribution is 2.26. The van der Waals surface area contributed by atoms with Crippen LogP contribution in [0.1, 0.15) is 39.5 Å². The molecule has 1 fully saturated rings. The molecule has 0 saturated carbocycles. The van der Waals surface area contributed by atoms with Crippen LogP contribution in [0.4, 0.5) is 0 Å². The molecule has 1 amide bonds. The van der Waals surface area contributed by atoms with Gasteiger partial charge in [-0.15, -0.1) is 0 Å². The Bertz CT molecular complexity index is 647. The largest absolute Gasteiger partial charge is 0.338 e. The lowest BCUT2D eigenvalue weighted by Crippen LogP contribution is -2.50. The summed E-state index contributed by atoms with van der Waals surface area (Å²) < 4.78 is 2.33. The summed E-state index contributed by atoms with van der Waals surface area (Å²) >= 11 is 0. The molecule has 6 heteroatoms. The Morgan fingerprint density at radius 2 is 2.09 bits per heavy atom. The Kier molecular flexibility index (Phi) is 5.21. The lowest BCUT2D eigenvalue weighted by Gasteiger charge is -2.40. The summed E-state index contributed by atoms with van der Waals surface area (Å²) in [6, 6.07) is 1.58. The molecular weight excluding hydrogens is 282 g/mol. The first-order valence-corrected chi connectivity index (χ1v) is 8.01. The number of carbonyl (C=O) groups excluding carboxylic acids is 1. The molecule has 0 aromatic carbocycles. The van der Waals surface area contributed by atoms with Gasteiger partial charge >= 0.3 is 5.69 Å². The lowest BCUT2D eigenvalue weighted by atomic mass is 9.88. The molecule has 1 saturated heterocycles. The normalized spacial score (nSPS) is 21.9. The van der Waals surface area contributed by atoms with Crippen LogP contribution in [0.25, 0.3) is 0 Å². The van der Waals surface area contributed by atoms with E-state index in [0.717, 1.165) is 36.8 Å². The van der Waals surface area contributed by atoms with Gasteiger partial charge < -0.3 is 4.90 Å². The van der Waals surface area contributed by atoms with Crippen molar-refractivity contribution < 1.29 is 4.79 Å². The molecule has 0 N–H and O–H groups in total. The van der Waals surface area contributed by atoms with Crippen LogP contribution in [-0.2, 0) is 18.4 Å². The minimum absolute atomic E-state index is 0.000111. The summed E-state index contributed by atoms with van der Waals surface area (Å²) in [6.45, 7) is 5.08. The molecule has 22 heavy (non-hydrogen) atoms. The van der Waals surface area contributed by atoms with Gasteiger partial charge in [-0.1, -0.05) is 20.3 Å². The maximum Gasteiger partial charge on any atom is 0.331 e. The van der Waals surface area contributed by atoms with Gasteiger partial charge in [-0.05, 0) is 25.2 Å². The number of likely N-dealkylation sites (tertiary alicyclic amines) is 1. The lowest BCUT2D eigenvalue weighted by molar-refractivity contribution is -0.137. The minimum atomic E-state index is -0.446. The molecule has 1 aromatic rings. The molecule has 122 valence electrons. The summed E-state index contributed by atoms with van der Waals surface area (Å²) in [5.41, 5.74) is -0.804. The van der Waals surface area contributed by atoms with Crippen molar-refractivity contribution in [2.45, 2.75) is 52.1 Å². The molecule has 0 spiro atoms. The average molecular weight is 307 g/mol. The van der Waals surface area contributed by atoms with Gasteiger partial charge in [0.1, 0.15) is 6.54 Å². The minimum Gasteiger partial charge on any atom is -0.338 e. The van der Waals surface area contributed by atoms with Gasteiger partial charge in [0.05, 0.1) is 0 Å². The first-order chi connectivity index (χ1) is 10.5. The topological polar surface area (TPSA) is 64.3 Å². The molecule has 0 bridgehead atoms. The van der Waals surface area contributed by atoms with E-state index in [2.05, 4.69) is 13.8 Å². The molecule has 2 atom stereocenters. The summed E-state index contributed by atoms with van der Waals surface area (Å²) in [5.74, 6) is 0.459. The number of amides is 1. The fourth-order valence-corrected chi connectivity index (χ4v) is 3.27. The molecule has 1 aliphatic rings. The molecule has 1 aromatic heterocycles. The van der Waals surface area contributed by atoms with Gasteiger partial charge in [0, 0.05) is 31.9 Å². The molecule has 0 unspecified atom stereocenters. The van der Waals surface area contributed by atoms with E-state index in [-0.39, 0.29) is 24.1 Å². The molecular formula is C16H25N3O3. The van der Waals surface area contributed by atoms with Crippen molar-refractivity contribution in [3.05, 3.63) is 33.1 Å². The Morgan fingerprint density at radius 3 is 2.77 bits per heavy atom. The van der Waals surface area contributed by atoms with E-state index in [9.17, 15) is 14.4 Å². The van der Waals surface area contributed by atoms with E-state index >= 15 is 0 Å². The third-order valence-electron chi connectivity index (χ3n) is 4.59. The van der Waals surface area contributed by atoms with E-state index in [1.165, 1.54) is 23.9 Å². The number of rotatable bonds is 4. The van der Waals surface area contributed by atoms with Crippen molar-refractivity contribution in [3.63, 3.8) is 0 Å². The monoisotopic (exact) mass is 307 g/mol. The third kappa shape index (κ3) is 3.31. The number of aromatic nitrogens is 2. The van der Waals surface area contributed by atoms with Gasteiger partial charge in [0.15, 0.2) is 0 Å². The van der Waals surface area contributed by atoms with E-state index in [1.807, 2.05) is 4.90 Å². The Morgan fingerprint density at radius 1 is 1.36 bits per heavy atom. The zero-order chi connectivity index (χ0) is 16.3. The molecule has 1 aliphatic heterocycles. The molecule has 0 radical (unpaired) electrons. The number of hydrogen-bond acceptors (Lipinski definition) is 3. The van der Waals surface area contributed by atoms with Gasteiger partial charge in [-0.2, -0.15) is 0 Å². The highest BCUT2D eigenvalue weighted by atomic mass is 16.2. The van der Waals surface area contributed by atoms with Crippen molar-refractivity contribution >= 4 is 5.91 Å². The van der Waals surface area contributed by atoms with Crippen molar-refractivity contribution in [3.8, 4) is 0 Å². The van der Waals surface area contributed by atoms with Crippen LogP contribution < -0.4 is 11.2 Å². The smallest absolute Gasteiger partial charge is 0.331 e. The quantitative estimate of drug-likeness (QED) is 0.833. The standard InChI is InChI=1S/C16H25N3O3/c1-4-6-13-12(2)7-5-9-19(13)15(21)11-18-10-8-14(20)17(3)16(18)22/h8,10,12-13H,4-7,9,11H2,1-3H3/t12-,13-/m0/s1. The third-order valence-corrected chi connectivity index (χ3v) is 4.59. The van der Waals surface area contributed by atoms with E-state index in [4.69, 9.17) is 0 Å². The van der Waals surface area contributed by atoms with Crippen LogP contribution in [0.2, 0.25) is 0 Å². The van der Waals surface area contributed by atoms with Crippen molar-refractivity contribution in [1.82, 2.24) is 14.0 Å². The second-order valence-corrected chi connectivity index (χ2v) is 6.19. The number of hydrogen-bond donors (Lipinski definition) is 0. The predicted molar refractivity (Wildman–Crippen MR) is 84.8 cm³/mol. The fraction of sp³-hybridized carbons (Fsp3) is 0.688. The zero-order valence-corrected chi connectivity index (χ0v) is 13.6. The predicted octanol–water partition coefficient (Wildman–Crippen LogP) is 0.974. The summed E-state index contributed by atoms with van der Waals surface area (Å²) in [6.07, 6.45) is 5.60. The number of nitrogens with zero attached hydrogens (tertiary/aromatic N) is 3. The molecule has 2 rings (SSSR count). The Balaban J connectivity index is 2.19. The summed E-state index contributed by atoms with van der Waals surface area (Å²) in [5, 5.41) is 0. The summed E-state index contributed by atoms with van der Waals surface area (Å²) in [7, 11) is 1.43. The van der Waals surface area contributed by atoms with Crippen LogP contribution in [-0.4, -0.2) is 32.5 Å². The first-order valence-electron chi connectivity index (χ1n) is 8.01. The second kappa shape index (κ2) is 6.94. The van der Waals surface area contributed by atoms with E-state index in [0.29, 0.717) is 5.92 Å². The molecule has 0 aliphatic carbocycles. The van der Waals surface area contributed by atoms with Gasteiger partial charge in [-0.25, -0.2) is 4.79 Å². The Hall–Kier alpha value is -1.85. The maximum atomic E-state index is 12.6. The highest BCUT2D eigenvalue weighted by molar-refractivity contribution is 5.76. The van der Waals surface area contributed by atoms with E-state index in [1.54, 1.807) is 0 Å². The van der Waals surface area contributed by atoms with Crippen LogP contribution in [0, 0.1) is 5.92 Å². The SMILES string of the molecule is CCC[C@H]1[C@@H](C)CCCN1C(=O)Cn1ccc(=O)n(C)c1=O. The van der Waals surface area contributed by atoms with Crippen LogP contribution in [0.5, 0.6) is 0 Å². The first kappa shape index (κ1) is 16.5. The zero-order valence-electron chi connectivity index (χ0n) is 13.6. The number of piperidine rings is 1. The maximum absolute atomic E-state index is 12.6. The molecule has 2 heterocycles.